The average Bonchev–Trinajstić information content (AvgIpc) is 3.40. The molecule has 2 heterocycles. The van der Waals surface area contributed by atoms with Crippen LogP contribution in [-0.2, 0) is 9.53 Å². The lowest BCUT2D eigenvalue weighted by Gasteiger charge is -2.36. The van der Waals surface area contributed by atoms with Crippen LogP contribution in [0, 0.1) is 5.92 Å². The third kappa shape index (κ3) is 6.35. The molecule has 3 fully saturated rings. The van der Waals surface area contributed by atoms with Gasteiger partial charge in [-0.25, -0.2) is 0 Å². The molecule has 3 aliphatic rings. The van der Waals surface area contributed by atoms with E-state index in [4.69, 9.17) is 4.74 Å². The summed E-state index contributed by atoms with van der Waals surface area (Å²) >= 11 is 0. The topological polar surface area (TPSA) is 69.2 Å². The second-order valence-electron chi connectivity index (χ2n) is 7.93. The Morgan fingerprint density at radius 1 is 1.07 bits per heavy atom. The van der Waals surface area contributed by atoms with E-state index in [-0.39, 0.29) is 6.10 Å². The van der Waals surface area contributed by atoms with Crippen molar-refractivity contribution >= 4 is 11.9 Å². The number of piperazine rings is 1. The molecule has 0 aromatic rings. The van der Waals surface area contributed by atoms with E-state index >= 15 is 0 Å². The summed E-state index contributed by atoms with van der Waals surface area (Å²) in [6.07, 6.45) is 7.20. The Morgan fingerprint density at radius 2 is 1.85 bits per heavy atom. The van der Waals surface area contributed by atoms with Gasteiger partial charge in [0.05, 0.1) is 12.6 Å². The summed E-state index contributed by atoms with van der Waals surface area (Å²) in [5, 5.41) is 6.74. The molecular weight excluding hydrogens is 342 g/mol. The minimum absolute atomic E-state index is 0.283. The van der Waals surface area contributed by atoms with Crippen LogP contribution in [0.2, 0.25) is 0 Å². The van der Waals surface area contributed by atoms with Crippen molar-refractivity contribution in [2.45, 2.75) is 51.6 Å². The monoisotopic (exact) mass is 379 g/mol. The van der Waals surface area contributed by atoms with Crippen molar-refractivity contribution in [3.05, 3.63) is 0 Å². The molecule has 27 heavy (non-hydrogen) atoms. The van der Waals surface area contributed by atoms with Crippen molar-refractivity contribution in [2.75, 3.05) is 59.0 Å². The number of rotatable bonds is 7. The molecular formula is C20H37N5O2. The molecule has 0 spiro atoms. The summed E-state index contributed by atoms with van der Waals surface area (Å²) in [6.45, 7) is 10.1. The molecule has 0 bridgehead atoms. The standard InChI is InChI=1S/C20H37N5O2/c1-2-21-20(23-16-18-8-5-15-27-18)22-9-10-24-11-13-25(14-12-24)19(26)17-6-3-4-7-17/h17-18H,2-16H2,1H3,(H2,21,22,23). The number of hydrogen-bond acceptors (Lipinski definition) is 4. The maximum absolute atomic E-state index is 12.5. The fourth-order valence-electron chi connectivity index (χ4n) is 4.28. The third-order valence-corrected chi connectivity index (χ3v) is 5.93. The van der Waals surface area contributed by atoms with Gasteiger partial charge in [-0.05, 0) is 32.6 Å². The maximum atomic E-state index is 12.5. The highest BCUT2D eigenvalue weighted by Gasteiger charge is 2.29. The van der Waals surface area contributed by atoms with Crippen molar-refractivity contribution in [1.82, 2.24) is 20.4 Å². The Hall–Kier alpha value is -1.34. The van der Waals surface area contributed by atoms with Crippen LogP contribution in [0.5, 0.6) is 0 Å². The van der Waals surface area contributed by atoms with Crippen molar-refractivity contribution < 1.29 is 9.53 Å². The van der Waals surface area contributed by atoms with Crippen LogP contribution in [0.1, 0.15) is 45.4 Å². The number of amides is 1. The van der Waals surface area contributed by atoms with E-state index in [0.717, 1.165) is 90.6 Å². The van der Waals surface area contributed by atoms with Gasteiger partial charge in [0.2, 0.25) is 5.91 Å². The second-order valence-corrected chi connectivity index (χ2v) is 7.93. The summed E-state index contributed by atoms with van der Waals surface area (Å²) in [5.41, 5.74) is 0. The molecule has 1 atom stereocenters. The minimum atomic E-state index is 0.283. The van der Waals surface area contributed by atoms with Gasteiger partial charge in [-0.1, -0.05) is 12.8 Å². The lowest BCUT2D eigenvalue weighted by molar-refractivity contribution is -0.137. The highest BCUT2D eigenvalue weighted by atomic mass is 16.5. The highest BCUT2D eigenvalue weighted by Crippen LogP contribution is 2.26. The number of guanidine groups is 1. The van der Waals surface area contributed by atoms with Crippen molar-refractivity contribution in [1.29, 1.82) is 0 Å². The molecule has 2 N–H and O–H groups in total. The van der Waals surface area contributed by atoms with Crippen molar-refractivity contribution in [2.24, 2.45) is 10.9 Å². The van der Waals surface area contributed by atoms with Crippen LogP contribution >= 0.6 is 0 Å². The zero-order valence-corrected chi connectivity index (χ0v) is 16.9. The molecule has 7 nitrogen and oxygen atoms in total. The molecule has 1 saturated carbocycles. The molecule has 0 radical (unpaired) electrons. The lowest BCUT2D eigenvalue weighted by atomic mass is 10.1. The van der Waals surface area contributed by atoms with Gasteiger partial charge in [0, 0.05) is 58.3 Å². The van der Waals surface area contributed by atoms with Crippen molar-refractivity contribution in [3.8, 4) is 0 Å². The smallest absolute Gasteiger partial charge is 0.225 e. The van der Waals surface area contributed by atoms with Crippen LogP contribution in [0.4, 0.5) is 0 Å². The summed E-state index contributed by atoms with van der Waals surface area (Å²) in [6, 6.07) is 0. The first-order chi connectivity index (χ1) is 13.3. The fraction of sp³-hybridized carbons (Fsp3) is 0.900. The molecule has 0 aromatic heterocycles. The molecule has 2 aliphatic heterocycles. The Kier molecular flexibility index (Phi) is 8.20. The maximum Gasteiger partial charge on any atom is 0.225 e. The third-order valence-electron chi connectivity index (χ3n) is 5.93. The molecule has 1 aliphatic carbocycles. The summed E-state index contributed by atoms with van der Waals surface area (Å²) in [5.74, 6) is 1.59. The molecule has 2 saturated heterocycles. The van der Waals surface area contributed by atoms with E-state index in [1.54, 1.807) is 0 Å². The normalized spacial score (nSPS) is 25.1. The van der Waals surface area contributed by atoms with Gasteiger partial charge in [0.25, 0.3) is 0 Å². The number of carbonyl (C=O) groups excluding carboxylic acids is 1. The number of aliphatic imine (C=N–C) groups is 1. The first-order valence-corrected chi connectivity index (χ1v) is 10.9. The van der Waals surface area contributed by atoms with Gasteiger partial charge in [0.1, 0.15) is 0 Å². The predicted octanol–water partition coefficient (Wildman–Crippen LogP) is 1.05. The highest BCUT2D eigenvalue weighted by molar-refractivity contribution is 5.80. The van der Waals surface area contributed by atoms with Gasteiger partial charge >= 0.3 is 0 Å². The van der Waals surface area contributed by atoms with E-state index in [1.807, 2.05) is 0 Å². The first kappa shape index (κ1) is 20.4. The van der Waals surface area contributed by atoms with Crippen LogP contribution in [0.15, 0.2) is 4.99 Å². The zero-order valence-electron chi connectivity index (χ0n) is 16.9. The van der Waals surface area contributed by atoms with Crippen LogP contribution in [-0.4, -0.2) is 86.7 Å². The number of ether oxygens (including phenoxy) is 1. The number of nitrogens with one attached hydrogen (secondary N) is 2. The first-order valence-electron chi connectivity index (χ1n) is 10.9. The molecule has 154 valence electrons. The van der Waals surface area contributed by atoms with Gasteiger partial charge in [0.15, 0.2) is 5.96 Å². The molecule has 1 unspecified atom stereocenters. The molecule has 0 aromatic carbocycles. The van der Waals surface area contributed by atoms with Gasteiger partial charge < -0.3 is 20.3 Å². The Labute approximate surface area is 163 Å². The van der Waals surface area contributed by atoms with Crippen LogP contribution in [0.25, 0.3) is 0 Å². The minimum Gasteiger partial charge on any atom is -0.376 e. The Balaban J connectivity index is 1.33. The van der Waals surface area contributed by atoms with E-state index < -0.39 is 0 Å². The largest absolute Gasteiger partial charge is 0.376 e. The summed E-state index contributed by atoms with van der Waals surface area (Å²) in [4.78, 5) is 21.7. The summed E-state index contributed by atoms with van der Waals surface area (Å²) in [7, 11) is 0. The molecule has 3 rings (SSSR count). The van der Waals surface area contributed by atoms with E-state index in [9.17, 15) is 4.79 Å². The van der Waals surface area contributed by atoms with Gasteiger partial charge in [-0.3, -0.25) is 14.7 Å². The predicted molar refractivity (Wildman–Crippen MR) is 108 cm³/mol. The lowest BCUT2D eigenvalue weighted by Crippen LogP contribution is -2.51. The van der Waals surface area contributed by atoms with E-state index in [1.165, 1.54) is 12.8 Å². The van der Waals surface area contributed by atoms with E-state index in [2.05, 4.69) is 32.3 Å². The van der Waals surface area contributed by atoms with Gasteiger partial charge in [-0.15, -0.1) is 0 Å². The Morgan fingerprint density at radius 3 is 2.52 bits per heavy atom. The molecule has 7 heteroatoms. The number of hydrogen-bond donors (Lipinski definition) is 2. The number of carbonyl (C=O) groups is 1. The Bertz CT molecular complexity index is 479. The second kappa shape index (κ2) is 10.9. The van der Waals surface area contributed by atoms with E-state index in [0.29, 0.717) is 11.8 Å². The molecule has 1 amide bonds. The quantitative estimate of drug-likeness (QED) is 0.511. The SMILES string of the molecule is CCNC(=NCC1CCCO1)NCCN1CCN(C(=O)C2CCCC2)CC1. The zero-order chi connectivity index (χ0) is 18.9. The van der Waals surface area contributed by atoms with Crippen molar-refractivity contribution in [3.63, 3.8) is 0 Å². The van der Waals surface area contributed by atoms with Gasteiger partial charge in [-0.2, -0.15) is 0 Å². The van der Waals surface area contributed by atoms with Crippen LogP contribution < -0.4 is 10.6 Å². The number of nitrogens with zero attached hydrogens (tertiary/aromatic N) is 3. The fourth-order valence-corrected chi connectivity index (χ4v) is 4.28. The van der Waals surface area contributed by atoms with Crippen LogP contribution in [0.3, 0.4) is 0 Å². The summed E-state index contributed by atoms with van der Waals surface area (Å²) < 4.78 is 5.64. The average molecular weight is 380 g/mol.